The summed E-state index contributed by atoms with van der Waals surface area (Å²) in [6, 6.07) is 12.1. The summed E-state index contributed by atoms with van der Waals surface area (Å²) in [5, 5.41) is 17.4. The zero-order chi connectivity index (χ0) is 17.7. The van der Waals surface area contributed by atoms with Crippen LogP contribution >= 0.6 is 0 Å². The molecule has 1 aliphatic carbocycles. The predicted octanol–water partition coefficient (Wildman–Crippen LogP) is 3.60. The Morgan fingerprint density at radius 2 is 1.46 bits per heavy atom. The minimum absolute atomic E-state index is 0.0277. The highest BCUT2D eigenvalue weighted by molar-refractivity contribution is 5.98. The number of hydrogen-bond acceptors (Lipinski definition) is 3. The Bertz CT molecular complexity index is 760. The molecule has 0 saturated carbocycles. The van der Waals surface area contributed by atoms with Crippen molar-refractivity contribution in [3.05, 3.63) is 70.3 Å². The number of carboxylic acid groups (broad SMARTS) is 2. The summed E-state index contributed by atoms with van der Waals surface area (Å²) in [7, 11) is 0. The molecule has 0 spiro atoms. The monoisotopic (exact) mass is 326 g/mol. The standard InChI is InChI=1S/C10H10O.C9H8O4/c11-10-7-3-5-8-4-1-2-6-9(8)10;1-5-6(8(10)11)3-2-4-7(5)9(12)13/h1-2,4,6H,3,5,7H2;2-4H,1H3,(H,10,11)(H,12,13). The maximum absolute atomic E-state index is 11.3. The van der Waals surface area contributed by atoms with Crippen LogP contribution < -0.4 is 0 Å². The van der Waals surface area contributed by atoms with Gasteiger partial charge in [0.1, 0.15) is 0 Å². The molecule has 0 bridgehead atoms. The first kappa shape index (κ1) is 17.4. The van der Waals surface area contributed by atoms with Crippen LogP contribution in [0, 0.1) is 6.92 Å². The van der Waals surface area contributed by atoms with Gasteiger partial charge < -0.3 is 10.2 Å². The number of benzene rings is 2. The van der Waals surface area contributed by atoms with Crippen LogP contribution in [0.15, 0.2) is 42.5 Å². The quantitative estimate of drug-likeness (QED) is 0.880. The van der Waals surface area contributed by atoms with Crippen LogP contribution in [-0.2, 0) is 6.42 Å². The molecule has 2 N–H and O–H groups in total. The topological polar surface area (TPSA) is 91.7 Å². The number of carbonyl (C=O) groups excluding carboxylic acids is 1. The summed E-state index contributed by atoms with van der Waals surface area (Å²) in [4.78, 5) is 32.5. The lowest BCUT2D eigenvalue weighted by molar-refractivity contribution is 0.0695. The maximum atomic E-state index is 11.3. The largest absolute Gasteiger partial charge is 0.478 e. The Labute approximate surface area is 139 Å². The zero-order valence-electron chi connectivity index (χ0n) is 13.3. The van der Waals surface area contributed by atoms with Gasteiger partial charge in [0.2, 0.25) is 0 Å². The number of rotatable bonds is 2. The van der Waals surface area contributed by atoms with E-state index in [0.29, 0.717) is 5.78 Å². The van der Waals surface area contributed by atoms with E-state index in [-0.39, 0.29) is 16.7 Å². The number of carboxylic acids is 2. The average Bonchev–Trinajstić information content (AvgIpc) is 2.55. The fourth-order valence-electron chi connectivity index (χ4n) is 2.68. The molecule has 0 amide bonds. The van der Waals surface area contributed by atoms with Crippen molar-refractivity contribution < 1.29 is 24.6 Å². The molecule has 124 valence electrons. The number of aryl methyl sites for hydroxylation is 1. The molecule has 0 aliphatic heterocycles. The highest BCUT2D eigenvalue weighted by atomic mass is 16.4. The molecule has 0 heterocycles. The first-order chi connectivity index (χ1) is 11.4. The third-order valence-corrected chi connectivity index (χ3v) is 3.96. The first-order valence-electron chi connectivity index (χ1n) is 7.59. The fourth-order valence-corrected chi connectivity index (χ4v) is 2.68. The summed E-state index contributed by atoms with van der Waals surface area (Å²) >= 11 is 0. The highest BCUT2D eigenvalue weighted by Crippen LogP contribution is 2.20. The van der Waals surface area contributed by atoms with Gasteiger partial charge in [-0.05, 0) is 43.0 Å². The maximum Gasteiger partial charge on any atom is 0.335 e. The molecular weight excluding hydrogens is 308 g/mol. The molecule has 3 rings (SSSR count). The van der Waals surface area contributed by atoms with Crippen molar-refractivity contribution in [1.82, 2.24) is 0 Å². The number of hydrogen-bond donors (Lipinski definition) is 2. The van der Waals surface area contributed by atoms with Crippen molar-refractivity contribution in [2.75, 3.05) is 0 Å². The number of aromatic carboxylic acids is 2. The van der Waals surface area contributed by atoms with Crippen LogP contribution in [0.2, 0.25) is 0 Å². The van der Waals surface area contributed by atoms with Gasteiger partial charge in [-0.1, -0.05) is 30.3 Å². The molecule has 0 radical (unpaired) electrons. The second kappa shape index (κ2) is 7.55. The number of Topliss-reactive ketones (excluding diaryl/α,β-unsaturated/α-hetero) is 1. The average molecular weight is 326 g/mol. The van der Waals surface area contributed by atoms with E-state index >= 15 is 0 Å². The van der Waals surface area contributed by atoms with Crippen LogP contribution in [0.3, 0.4) is 0 Å². The van der Waals surface area contributed by atoms with E-state index in [2.05, 4.69) is 0 Å². The Kier molecular flexibility index (Phi) is 5.47. The molecule has 24 heavy (non-hydrogen) atoms. The molecule has 2 aromatic carbocycles. The van der Waals surface area contributed by atoms with Gasteiger partial charge in [0.05, 0.1) is 11.1 Å². The summed E-state index contributed by atoms with van der Waals surface area (Å²) in [5.74, 6) is -1.91. The van der Waals surface area contributed by atoms with Gasteiger partial charge >= 0.3 is 11.9 Å². The van der Waals surface area contributed by atoms with E-state index in [4.69, 9.17) is 10.2 Å². The molecule has 0 fully saturated rings. The summed E-state index contributed by atoms with van der Waals surface area (Å²) in [5.41, 5.74) is 2.50. The molecule has 1 aliphatic rings. The highest BCUT2D eigenvalue weighted by Gasteiger charge is 2.15. The molecule has 0 atom stereocenters. The van der Waals surface area contributed by atoms with Crippen molar-refractivity contribution in [2.24, 2.45) is 0 Å². The van der Waals surface area contributed by atoms with E-state index < -0.39 is 11.9 Å². The number of ketones is 1. The number of carbonyl (C=O) groups is 3. The fraction of sp³-hybridized carbons (Fsp3) is 0.211. The minimum Gasteiger partial charge on any atom is -0.478 e. The van der Waals surface area contributed by atoms with Crippen molar-refractivity contribution in [1.29, 1.82) is 0 Å². The van der Waals surface area contributed by atoms with Crippen LogP contribution in [-0.4, -0.2) is 27.9 Å². The molecule has 5 heteroatoms. The van der Waals surface area contributed by atoms with Crippen LogP contribution in [0.25, 0.3) is 0 Å². The van der Waals surface area contributed by atoms with Crippen molar-refractivity contribution >= 4 is 17.7 Å². The Balaban J connectivity index is 0.000000175. The Morgan fingerprint density at radius 3 is 2.00 bits per heavy atom. The zero-order valence-corrected chi connectivity index (χ0v) is 13.3. The van der Waals surface area contributed by atoms with Gasteiger partial charge in [-0.2, -0.15) is 0 Å². The van der Waals surface area contributed by atoms with Crippen LogP contribution in [0.5, 0.6) is 0 Å². The molecule has 0 saturated heterocycles. The van der Waals surface area contributed by atoms with Gasteiger partial charge in [0, 0.05) is 12.0 Å². The van der Waals surface area contributed by atoms with Crippen molar-refractivity contribution in [2.45, 2.75) is 26.2 Å². The Morgan fingerprint density at radius 1 is 0.875 bits per heavy atom. The Hall–Kier alpha value is -2.95. The number of fused-ring (bicyclic) bond motifs is 1. The lowest BCUT2D eigenvalue weighted by Gasteiger charge is -2.12. The van der Waals surface area contributed by atoms with E-state index in [1.165, 1.54) is 30.7 Å². The molecule has 5 nitrogen and oxygen atoms in total. The van der Waals surface area contributed by atoms with E-state index in [1.807, 2.05) is 24.3 Å². The van der Waals surface area contributed by atoms with Gasteiger partial charge in [0.15, 0.2) is 5.78 Å². The van der Waals surface area contributed by atoms with Crippen LogP contribution in [0.4, 0.5) is 0 Å². The van der Waals surface area contributed by atoms with Gasteiger partial charge in [-0.3, -0.25) is 4.79 Å². The lowest BCUT2D eigenvalue weighted by atomic mass is 9.91. The smallest absolute Gasteiger partial charge is 0.335 e. The molecule has 0 unspecified atom stereocenters. The second-order valence-electron chi connectivity index (χ2n) is 5.52. The molecular formula is C19H18O5. The summed E-state index contributed by atoms with van der Waals surface area (Å²) in [6.07, 6.45) is 2.83. The normalized spacial score (nSPS) is 12.6. The van der Waals surface area contributed by atoms with Gasteiger partial charge in [-0.25, -0.2) is 9.59 Å². The van der Waals surface area contributed by atoms with Crippen molar-refractivity contribution in [3.8, 4) is 0 Å². The van der Waals surface area contributed by atoms with Gasteiger partial charge in [-0.15, -0.1) is 0 Å². The SMILES string of the molecule is Cc1c(C(=O)O)cccc1C(=O)O.O=C1CCCc2ccccc21. The second-order valence-corrected chi connectivity index (χ2v) is 5.52. The van der Waals surface area contributed by atoms with Crippen LogP contribution in [0.1, 0.15) is 55.0 Å². The predicted molar refractivity (Wildman–Crippen MR) is 88.8 cm³/mol. The summed E-state index contributed by atoms with van der Waals surface area (Å²) in [6.45, 7) is 1.48. The summed E-state index contributed by atoms with van der Waals surface area (Å²) < 4.78 is 0. The molecule has 0 aromatic heterocycles. The van der Waals surface area contributed by atoms with E-state index in [1.54, 1.807) is 0 Å². The lowest BCUT2D eigenvalue weighted by Crippen LogP contribution is -2.09. The van der Waals surface area contributed by atoms with Crippen molar-refractivity contribution in [3.63, 3.8) is 0 Å². The first-order valence-corrected chi connectivity index (χ1v) is 7.59. The third kappa shape index (κ3) is 3.87. The molecule has 2 aromatic rings. The van der Waals surface area contributed by atoms with Gasteiger partial charge in [0.25, 0.3) is 0 Å². The third-order valence-electron chi connectivity index (χ3n) is 3.96. The van der Waals surface area contributed by atoms with E-state index in [9.17, 15) is 14.4 Å². The minimum atomic E-state index is -1.11. The van der Waals surface area contributed by atoms with E-state index in [0.717, 1.165) is 24.8 Å².